The van der Waals surface area contributed by atoms with E-state index in [1.807, 2.05) is 18.2 Å². The summed E-state index contributed by atoms with van der Waals surface area (Å²) in [5.41, 5.74) is 3.14. The molecule has 0 atom stereocenters. The number of amides is 2. The first-order chi connectivity index (χ1) is 14.1. The minimum Gasteiger partial charge on any atom is -0.351 e. The maximum Gasteiger partial charge on any atom is 0.252 e. The van der Waals surface area contributed by atoms with E-state index in [1.165, 1.54) is 19.3 Å². The number of fused-ring (bicyclic) bond motifs is 3. The third-order valence-corrected chi connectivity index (χ3v) is 5.48. The Balaban J connectivity index is 1.34. The smallest absolute Gasteiger partial charge is 0.252 e. The van der Waals surface area contributed by atoms with Crippen molar-refractivity contribution in [3.8, 4) is 0 Å². The van der Waals surface area contributed by atoms with Crippen molar-refractivity contribution < 1.29 is 9.59 Å². The maximum absolute atomic E-state index is 12.3. The van der Waals surface area contributed by atoms with E-state index in [0.717, 1.165) is 29.8 Å². The van der Waals surface area contributed by atoms with Crippen LogP contribution in [0.4, 0.5) is 5.69 Å². The summed E-state index contributed by atoms with van der Waals surface area (Å²) in [6.45, 7) is 1.24. The van der Waals surface area contributed by atoms with E-state index < -0.39 is 0 Å². The number of aryl methyl sites for hydroxylation is 2. The van der Waals surface area contributed by atoms with Crippen molar-refractivity contribution in [2.75, 3.05) is 11.9 Å². The third-order valence-electron chi connectivity index (χ3n) is 5.15. The van der Waals surface area contributed by atoms with E-state index in [1.54, 1.807) is 24.3 Å². The Morgan fingerprint density at radius 2 is 1.97 bits per heavy atom. The molecule has 1 aromatic heterocycles. The fourth-order valence-electron chi connectivity index (χ4n) is 3.68. The molecular weight excluding hydrogens is 388 g/mol. The highest BCUT2D eigenvalue weighted by Gasteiger charge is 2.14. The Kier molecular flexibility index (Phi) is 5.81. The van der Waals surface area contributed by atoms with Gasteiger partial charge in [-0.2, -0.15) is 0 Å². The molecule has 6 nitrogen and oxygen atoms in total. The summed E-state index contributed by atoms with van der Waals surface area (Å²) in [6.07, 6.45) is 4.77. The van der Waals surface area contributed by atoms with Crippen molar-refractivity contribution in [3.63, 3.8) is 0 Å². The van der Waals surface area contributed by atoms with Gasteiger partial charge in [-0.1, -0.05) is 30.2 Å². The SMILES string of the molecule is O=C(CCNC(=O)c1ccccc1Cl)Nc1ccc2c(c1)nc1n2CCCCC1. The lowest BCUT2D eigenvalue weighted by atomic mass is 10.2. The van der Waals surface area contributed by atoms with E-state index >= 15 is 0 Å². The molecule has 1 aliphatic heterocycles. The Bertz CT molecular complexity index is 1060. The van der Waals surface area contributed by atoms with Crippen molar-refractivity contribution in [1.82, 2.24) is 14.9 Å². The predicted molar refractivity (Wildman–Crippen MR) is 114 cm³/mol. The molecule has 0 fully saturated rings. The van der Waals surface area contributed by atoms with Crippen LogP contribution in [0, 0.1) is 0 Å². The first-order valence-corrected chi connectivity index (χ1v) is 10.3. The summed E-state index contributed by atoms with van der Waals surface area (Å²) in [4.78, 5) is 29.1. The van der Waals surface area contributed by atoms with Gasteiger partial charge < -0.3 is 15.2 Å². The molecule has 1 aliphatic rings. The number of carbonyl (C=O) groups excluding carboxylic acids is 2. The van der Waals surface area contributed by atoms with Gasteiger partial charge in [-0.05, 0) is 43.2 Å². The van der Waals surface area contributed by atoms with Crippen LogP contribution in [0.15, 0.2) is 42.5 Å². The van der Waals surface area contributed by atoms with Crippen molar-refractivity contribution in [1.29, 1.82) is 0 Å². The van der Waals surface area contributed by atoms with Crippen molar-refractivity contribution in [3.05, 3.63) is 58.9 Å². The Morgan fingerprint density at radius 3 is 2.83 bits per heavy atom. The molecule has 0 saturated carbocycles. The van der Waals surface area contributed by atoms with E-state index in [0.29, 0.717) is 16.3 Å². The highest BCUT2D eigenvalue weighted by atomic mass is 35.5. The van der Waals surface area contributed by atoms with Crippen LogP contribution in [0.5, 0.6) is 0 Å². The normalized spacial score (nSPS) is 13.6. The maximum atomic E-state index is 12.3. The molecule has 2 N–H and O–H groups in total. The summed E-state index contributed by atoms with van der Waals surface area (Å²) in [7, 11) is 0. The summed E-state index contributed by atoms with van der Waals surface area (Å²) >= 11 is 6.01. The van der Waals surface area contributed by atoms with E-state index in [9.17, 15) is 9.59 Å². The molecule has 0 radical (unpaired) electrons. The molecule has 2 aromatic carbocycles. The van der Waals surface area contributed by atoms with Gasteiger partial charge in [0.2, 0.25) is 5.91 Å². The molecule has 0 aliphatic carbocycles. The molecule has 4 rings (SSSR count). The molecule has 3 aromatic rings. The standard InChI is InChI=1S/C22H23ClN4O2/c23-17-7-4-3-6-16(17)22(29)24-12-11-21(28)25-15-9-10-19-18(14-15)26-20-8-2-1-5-13-27(19)20/h3-4,6-7,9-10,14H,1-2,5,8,11-13H2,(H,24,29)(H,25,28). The van der Waals surface area contributed by atoms with E-state index in [4.69, 9.17) is 16.6 Å². The van der Waals surface area contributed by atoms with Gasteiger partial charge in [0.1, 0.15) is 5.82 Å². The molecule has 2 amide bonds. The highest BCUT2D eigenvalue weighted by molar-refractivity contribution is 6.33. The Morgan fingerprint density at radius 1 is 1.10 bits per heavy atom. The summed E-state index contributed by atoms with van der Waals surface area (Å²) < 4.78 is 2.29. The number of nitrogens with one attached hydrogen (secondary N) is 2. The van der Waals surface area contributed by atoms with Gasteiger partial charge in [-0.3, -0.25) is 9.59 Å². The van der Waals surface area contributed by atoms with Crippen LogP contribution in [0.2, 0.25) is 5.02 Å². The first-order valence-electron chi connectivity index (χ1n) is 9.93. The topological polar surface area (TPSA) is 76.0 Å². The van der Waals surface area contributed by atoms with Gasteiger partial charge in [-0.25, -0.2) is 4.98 Å². The molecule has 2 heterocycles. The number of rotatable bonds is 5. The van der Waals surface area contributed by atoms with Gasteiger partial charge in [0, 0.05) is 31.6 Å². The molecule has 0 bridgehead atoms. The lowest BCUT2D eigenvalue weighted by Gasteiger charge is -2.08. The number of hydrogen-bond acceptors (Lipinski definition) is 3. The second-order valence-corrected chi connectivity index (χ2v) is 7.63. The fraction of sp³-hybridized carbons (Fsp3) is 0.318. The van der Waals surface area contributed by atoms with Gasteiger partial charge in [-0.15, -0.1) is 0 Å². The lowest BCUT2D eigenvalue weighted by molar-refractivity contribution is -0.116. The zero-order valence-corrected chi connectivity index (χ0v) is 16.8. The molecular formula is C22H23ClN4O2. The van der Waals surface area contributed by atoms with Crippen LogP contribution in [0.3, 0.4) is 0 Å². The first kappa shape index (κ1) is 19.5. The van der Waals surface area contributed by atoms with Gasteiger partial charge >= 0.3 is 0 Å². The van der Waals surface area contributed by atoms with Crippen LogP contribution < -0.4 is 10.6 Å². The van der Waals surface area contributed by atoms with Gasteiger partial charge in [0.25, 0.3) is 5.91 Å². The van der Waals surface area contributed by atoms with E-state index in [2.05, 4.69) is 15.2 Å². The molecule has 0 saturated heterocycles. The zero-order chi connectivity index (χ0) is 20.2. The highest BCUT2D eigenvalue weighted by Crippen LogP contribution is 2.24. The molecule has 150 valence electrons. The number of imidazole rings is 1. The Hall–Kier alpha value is -2.86. The fourth-order valence-corrected chi connectivity index (χ4v) is 3.90. The zero-order valence-electron chi connectivity index (χ0n) is 16.1. The third kappa shape index (κ3) is 4.43. The average Bonchev–Trinajstić information content (AvgIpc) is 2.88. The minimum absolute atomic E-state index is 0.162. The number of halogens is 1. The monoisotopic (exact) mass is 410 g/mol. The van der Waals surface area contributed by atoms with E-state index in [-0.39, 0.29) is 24.8 Å². The van der Waals surface area contributed by atoms with Crippen LogP contribution in [0.25, 0.3) is 11.0 Å². The molecule has 7 heteroatoms. The van der Waals surface area contributed by atoms with Crippen molar-refractivity contribution >= 4 is 40.1 Å². The van der Waals surface area contributed by atoms with Crippen LogP contribution in [-0.4, -0.2) is 27.9 Å². The number of aromatic nitrogens is 2. The number of nitrogens with zero attached hydrogens (tertiary/aromatic N) is 2. The van der Waals surface area contributed by atoms with Crippen LogP contribution >= 0.6 is 11.6 Å². The lowest BCUT2D eigenvalue weighted by Crippen LogP contribution is -2.27. The van der Waals surface area contributed by atoms with Gasteiger partial charge in [0.05, 0.1) is 21.6 Å². The van der Waals surface area contributed by atoms with Crippen LogP contribution in [-0.2, 0) is 17.8 Å². The number of benzene rings is 2. The molecule has 29 heavy (non-hydrogen) atoms. The molecule has 0 unspecified atom stereocenters. The summed E-state index contributed by atoms with van der Waals surface area (Å²) in [6, 6.07) is 12.7. The molecule has 0 spiro atoms. The number of hydrogen-bond donors (Lipinski definition) is 2. The van der Waals surface area contributed by atoms with Gasteiger partial charge in [0.15, 0.2) is 0 Å². The predicted octanol–water partition coefficient (Wildman–Crippen LogP) is 4.17. The largest absolute Gasteiger partial charge is 0.351 e. The second kappa shape index (κ2) is 8.66. The minimum atomic E-state index is -0.288. The van der Waals surface area contributed by atoms with Crippen LogP contribution in [0.1, 0.15) is 41.9 Å². The van der Waals surface area contributed by atoms with Crippen molar-refractivity contribution in [2.24, 2.45) is 0 Å². The number of carbonyl (C=O) groups is 2. The number of anilines is 1. The quantitative estimate of drug-likeness (QED) is 0.662. The summed E-state index contributed by atoms with van der Waals surface area (Å²) in [5.74, 6) is 0.678. The Labute approximate surface area is 174 Å². The second-order valence-electron chi connectivity index (χ2n) is 7.23. The van der Waals surface area contributed by atoms with Crippen molar-refractivity contribution in [2.45, 2.75) is 38.6 Å². The summed E-state index contributed by atoms with van der Waals surface area (Å²) in [5, 5.41) is 6.00. The average molecular weight is 411 g/mol.